The fraction of sp³-hybridized carbons (Fsp3) is 0.333. The van der Waals surface area contributed by atoms with E-state index in [1.807, 2.05) is 0 Å². The third-order valence-corrected chi connectivity index (χ3v) is 3.12. The zero-order valence-corrected chi connectivity index (χ0v) is 12.7. The molecular formula is C15H17F3N4O. The minimum Gasteiger partial charge on any atom is -0.371 e. The Balaban J connectivity index is 1.95. The van der Waals surface area contributed by atoms with Gasteiger partial charge in [-0.15, -0.1) is 0 Å². The molecule has 2 N–H and O–H groups in total. The Bertz CT molecular complexity index is 687. The van der Waals surface area contributed by atoms with Gasteiger partial charge in [-0.25, -0.2) is 13.2 Å². The van der Waals surface area contributed by atoms with E-state index in [4.69, 9.17) is 0 Å². The van der Waals surface area contributed by atoms with Gasteiger partial charge in [-0.1, -0.05) is 6.07 Å². The van der Waals surface area contributed by atoms with Gasteiger partial charge in [0, 0.05) is 6.20 Å². The Labute approximate surface area is 131 Å². The fourth-order valence-corrected chi connectivity index (χ4v) is 1.96. The average Bonchev–Trinajstić information content (AvgIpc) is 2.88. The summed E-state index contributed by atoms with van der Waals surface area (Å²) in [5, 5.41) is 9.06. The summed E-state index contributed by atoms with van der Waals surface area (Å²) in [5.74, 6) is -0.968. The van der Waals surface area contributed by atoms with E-state index in [0.717, 1.165) is 10.2 Å². The summed E-state index contributed by atoms with van der Waals surface area (Å²) in [5.41, 5.74) is 1.26. The van der Waals surface area contributed by atoms with E-state index >= 15 is 0 Å². The molecule has 2 aromatic rings. The maximum atomic E-state index is 13.7. The molecule has 1 amide bonds. The number of alkyl halides is 2. The van der Waals surface area contributed by atoms with Gasteiger partial charge in [-0.2, -0.15) is 5.10 Å². The molecule has 1 aromatic carbocycles. The van der Waals surface area contributed by atoms with Crippen molar-refractivity contribution in [3.8, 4) is 0 Å². The monoisotopic (exact) mass is 326 g/mol. The molecule has 124 valence electrons. The molecule has 1 heterocycles. The van der Waals surface area contributed by atoms with Gasteiger partial charge < -0.3 is 10.6 Å². The Hall–Kier alpha value is -2.51. The van der Waals surface area contributed by atoms with Crippen LogP contribution < -0.4 is 10.6 Å². The lowest BCUT2D eigenvalue weighted by molar-refractivity contribution is -0.116. The van der Waals surface area contributed by atoms with Crippen LogP contribution in [0, 0.1) is 12.7 Å². The second-order valence-corrected chi connectivity index (χ2v) is 5.18. The van der Waals surface area contributed by atoms with Crippen LogP contribution in [0.2, 0.25) is 0 Å². The number of halogens is 3. The summed E-state index contributed by atoms with van der Waals surface area (Å²) in [4.78, 5) is 12.1. The van der Waals surface area contributed by atoms with Crippen LogP contribution >= 0.6 is 0 Å². The molecule has 0 radical (unpaired) electrons. The number of benzene rings is 1. The number of anilines is 2. The Kier molecular flexibility index (Phi) is 5.25. The summed E-state index contributed by atoms with van der Waals surface area (Å²) in [6.07, 6.45) is 0.217. The molecule has 0 aliphatic heterocycles. The number of carbonyl (C=O) groups is 1. The Morgan fingerprint density at radius 2 is 2.13 bits per heavy atom. The first kappa shape index (κ1) is 16.9. The third-order valence-electron chi connectivity index (χ3n) is 3.12. The quantitative estimate of drug-likeness (QED) is 0.858. The molecule has 1 aromatic heterocycles. The number of rotatable bonds is 6. The molecule has 0 spiro atoms. The van der Waals surface area contributed by atoms with Crippen molar-refractivity contribution in [3.63, 3.8) is 0 Å². The van der Waals surface area contributed by atoms with Crippen LogP contribution in [0.5, 0.6) is 0 Å². The van der Waals surface area contributed by atoms with E-state index in [1.54, 1.807) is 19.9 Å². The minimum atomic E-state index is -2.51. The molecule has 5 nitrogen and oxygen atoms in total. The largest absolute Gasteiger partial charge is 0.371 e. The standard InChI is InChI=1S/C15H17F3N4O/c1-9-3-4-13(12(16)5-9)21-15(23)10(2)20-11-6-19-22(7-11)8-14(17)18/h3-7,10,14,20H,8H2,1-2H3,(H,21,23)/t10-/m0/s1. The lowest BCUT2D eigenvalue weighted by Crippen LogP contribution is -2.32. The number of hydrogen-bond acceptors (Lipinski definition) is 3. The molecule has 0 saturated carbocycles. The number of hydrogen-bond donors (Lipinski definition) is 2. The van der Waals surface area contributed by atoms with Crippen LogP contribution in [0.3, 0.4) is 0 Å². The first-order valence-electron chi connectivity index (χ1n) is 6.99. The SMILES string of the molecule is Cc1ccc(NC(=O)[C@H](C)Nc2cnn(CC(F)F)c2)c(F)c1. The van der Waals surface area contributed by atoms with Crippen molar-refractivity contribution in [1.29, 1.82) is 0 Å². The number of aryl methyl sites for hydroxylation is 1. The highest BCUT2D eigenvalue weighted by Gasteiger charge is 2.16. The van der Waals surface area contributed by atoms with E-state index in [1.165, 1.54) is 24.5 Å². The number of nitrogens with zero attached hydrogens (tertiary/aromatic N) is 2. The van der Waals surface area contributed by atoms with Crippen LogP contribution in [0.4, 0.5) is 24.5 Å². The lowest BCUT2D eigenvalue weighted by atomic mass is 10.2. The van der Waals surface area contributed by atoms with Crippen molar-refractivity contribution in [2.24, 2.45) is 0 Å². The molecule has 23 heavy (non-hydrogen) atoms. The first-order valence-corrected chi connectivity index (χ1v) is 6.99. The number of carbonyl (C=O) groups excluding carboxylic acids is 1. The van der Waals surface area contributed by atoms with Gasteiger partial charge >= 0.3 is 0 Å². The van der Waals surface area contributed by atoms with Crippen molar-refractivity contribution < 1.29 is 18.0 Å². The van der Waals surface area contributed by atoms with Gasteiger partial charge in [0.15, 0.2) is 0 Å². The van der Waals surface area contributed by atoms with Gasteiger partial charge in [-0.05, 0) is 31.5 Å². The van der Waals surface area contributed by atoms with E-state index in [9.17, 15) is 18.0 Å². The van der Waals surface area contributed by atoms with E-state index in [0.29, 0.717) is 5.69 Å². The molecule has 8 heteroatoms. The second kappa shape index (κ2) is 7.17. The highest BCUT2D eigenvalue weighted by Crippen LogP contribution is 2.16. The van der Waals surface area contributed by atoms with Gasteiger partial charge in [0.1, 0.15) is 18.4 Å². The summed E-state index contributed by atoms with van der Waals surface area (Å²) in [6, 6.07) is 3.79. The topological polar surface area (TPSA) is 59.0 Å². The highest BCUT2D eigenvalue weighted by molar-refractivity contribution is 5.96. The summed E-state index contributed by atoms with van der Waals surface area (Å²) >= 11 is 0. The molecule has 0 aliphatic carbocycles. The van der Waals surface area contributed by atoms with E-state index in [-0.39, 0.29) is 5.69 Å². The molecule has 0 saturated heterocycles. The summed E-state index contributed by atoms with van der Waals surface area (Å²) in [6.45, 7) is 2.80. The molecule has 2 rings (SSSR count). The summed E-state index contributed by atoms with van der Waals surface area (Å²) < 4.78 is 39.3. The van der Waals surface area contributed by atoms with Crippen molar-refractivity contribution in [3.05, 3.63) is 42.0 Å². The van der Waals surface area contributed by atoms with Gasteiger partial charge in [0.25, 0.3) is 6.43 Å². The zero-order valence-electron chi connectivity index (χ0n) is 12.7. The first-order chi connectivity index (χ1) is 10.8. The van der Waals surface area contributed by atoms with Crippen LogP contribution in [0.1, 0.15) is 12.5 Å². The Morgan fingerprint density at radius 3 is 2.78 bits per heavy atom. The number of nitrogens with one attached hydrogen (secondary N) is 2. The second-order valence-electron chi connectivity index (χ2n) is 5.18. The number of amides is 1. The molecular weight excluding hydrogens is 309 g/mol. The maximum absolute atomic E-state index is 13.7. The Morgan fingerprint density at radius 1 is 1.39 bits per heavy atom. The van der Waals surface area contributed by atoms with Gasteiger partial charge in [0.2, 0.25) is 5.91 Å². The van der Waals surface area contributed by atoms with E-state index < -0.39 is 30.7 Å². The van der Waals surface area contributed by atoms with Crippen molar-refractivity contribution in [2.45, 2.75) is 32.9 Å². The highest BCUT2D eigenvalue weighted by atomic mass is 19.3. The van der Waals surface area contributed by atoms with Crippen LogP contribution in [0.15, 0.2) is 30.6 Å². The fourth-order valence-electron chi connectivity index (χ4n) is 1.96. The zero-order chi connectivity index (χ0) is 17.0. The number of aromatic nitrogens is 2. The maximum Gasteiger partial charge on any atom is 0.257 e. The van der Waals surface area contributed by atoms with Gasteiger partial charge in [0.05, 0.1) is 17.6 Å². The predicted molar refractivity (Wildman–Crippen MR) is 81.1 cm³/mol. The van der Waals surface area contributed by atoms with Crippen LogP contribution in [0.25, 0.3) is 0 Å². The molecule has 0 unspecified atom stereocenters. The van der Waals surface area contributed by atoms with Gasteiger partial charge in [-0.3, -0.25) is 9.48 Å². The minimum absolute atomic E-state index is 0.0858. The molecule has 0 bridgehead atoms. The van der Waals surface area contributed by atoms with Crippen LogP contribution in [-0.4, -0.2) is 28.2 Å². The van der Waals surface area contributed by atoms with E-state index in [2.05, 4.69) is 15.7 Å². The molecule has 0 fully saturated rings. The third kappa shape index (κ3) is 4.73. The molecule has 1 atom stereocenters. The van der Waals surface area contributed by atoms with Crippen LogP contribution in [-0.2, 0) is 11.3 Å². The van der Waals surface area contributed by atoms with Crippen molar-refractivity contribution in [2.75, 3.05) is 10.6 Å². The predicted octanol–water partition coefficient (Wildman–Crippen LogP) is 3.03. The van der Waals surface area contributed by atoms with Crippen molar-refractivity contribution in [1.82, 2.24) is 9.78 Å². The smallest absolute Gasteiger partial charge is 0.257 e. The average molecular weight is 326 g/mol. The normalized spacial score (nSPS) is 12.3. The lowest BCUT2D eigenvalue weighted by Gasteiger charge is -2.14. The summed E-state index contributed by atoms with van der Waals surface area (Å²) in [7, 11) is 0. The molecule has 0 aliphatic rings. The van der Waals surface area contributed by atoms with Crippen molar-refractivity contribution >= 4 is 17.3 Å².